The third-order valence-corrected chi connectivity index (χ3v) is 4.80. The van der Waals surface area contributed by atoms with Gasteiger partial charge in [0, 0.05) is 6.07 Å². The summed E-state index contributed by atoms with van der Waals surface area (Å²) in [7, 11) is 0. The van der Waals surface area contributed by atoms with Crippen LogP contribution in [0.3, 0.4) is 0 Å². The topological polar surface area (TPSA) is 50.9 Å². The molecule has 1 unspecified atom stereocenters. The lowest BCUT2D eigenvalue weighted by Gasteiger charge is -2.40. The molecule has 2 rings (SSSR count). The Hall–Kier alpha value is -1.47. The van der Waals surface area contributed by atoms with Crippen LogP contribution >= 0.6 is 12.6 Å². The molecule has 0 radical (unpaired) electrons. The largest absolute Gasteiger partial charge is 0.387 e. The van der Waals surface area contributed by atoms with Crippen molar-refractivity contribution in [3.05, 3.63) is 41.7 Å². The van der Waals surface area contributed by atoms with E-state index in [2.05, 4.69) is 22.7 Å². The SMILES string of the molecule is CC(C)(C)C(O)(CCCc1ccc(F)cc1F)Cn1ncnc1S. The normalized spacial score (nSPS) is 14.6. The number of thiol groups is 1. The van der Waals surface area contributed by atoms with E-state index in [9.17, 15) is 13.9 Å². The second-order valence-electron chi connectivity index (χ2n) is 7.09. The smallest absolute Gasteiger partial charge is 0.183 e. The molecule has 0 aliphatic heterocycles. The molecule has 2 aromatic rings. The highest BCUT2D eigenvalue weighted by atomic mass is 32.1. The Bertz CT molecular complexity index is 699. The van der Waals surface area contributed by atoms with Crippen LogP contribution in [-0.2, 0) is 13.0 Å². The quantitative estimate of drug-likeness (QED) is 0.778. The van der Waals surface area contributed by atoms with E-state index >= 15 is 0 Å². The predicted molar refractivity (Wildman–Crippen MR) is 91.0 cm³/mol. The molecular weight excluding hydrogens is 332 g/mol. The summed E-state index contributed by atoms with van der Waals surface area (Å²) in [4.78, 5) is 3.95. The van der Waals surface area contributed by atoms with Crippen molar-refractivity contribution in [3.8, 4) is 0 Å². The first-order valence-corrected chi connectivity index (χ1v) is 8.30. The fourth-order valence-corrected chi connectivity index (χ4v) is 2.78. The monoisotopic (exact) mass is 355 g/mol. The van der Waals surface area contributed by atoms with E-state index in [1.165, 1.54) is 18.5 Å². The van der Waals surface area contributed by atoms with Gasteiger partial charge in [0.1, 0.15) is 18.0 Å². The van der Waals surface area contributed by atoms with Gasteiger partial charge in [-0.05, 0) is 36.3 Å². The van der Waals surface area contributed by atoms with Crippen LogP contribution in [0.25, 0.3) is 0 Å². The molecule has 0 saturated carbocycles. The van der Waals surface area contributed by atoms with Crippen LogP contribution in [0.4, 0.5) is 8.78 Å². The summed E-state index contributed by atoms with van der Waals surface area (Å²) in [6.45, 7) is 6.09. The highest BCUT2D eigenvalue weighted by molar-refractivity contribution is 7.80. The van der Waals surface area contributed by atoms with Crippen LogP contribution in [0.5, 0.6) is 0 Å². The molecule has 1 heterocycles. The molecule has 0 fully saturated rings. The van der Waals surface area contributed by atoms with E-state index in [-0.39, 0.29) is 6.54 Å². The van der Waals surface area contributed by atoms with Crippen molar-refractivity contribution < 1.29 is 13.9 Å². The van der Waals surface area contributed by atoms with Crippen molar-refractivity contribution in [2.75, 3.05) is 0 Å². The Kier molecular flexibility index (Phi) is 5.65. The maximum Gasteiger partial charge on any atom is 0.183 e. The van der Waals surface area contributed by atoms with Crippen molar-refractivity contribution in [2.45, 2.75) is 57.3 Å². The Morgan fingerprint density at radius 3 is 2.50 bits per heavy atom. The second kappa shape index (κ2) is 7.19. The maximum atomic E-state index is 13.7. The number of aliphatic hydroxyl groups is 1. The Morgan fingerprint density at radius 2 is 1.96 bits per heavy atom. The number of aryl methyl sites for hydroxylation is 1. The second-order valence-corrected chi connectivity index (χ2v) is 7.49. The molecule has 132 valence electrons. The van der Waals surface area contributed by atoms with Crippen LogP contribution in [0, 0.1) is 17.0 Å². The van der Waals surface area contributed by atoms with Crippen molar-refractivity contribution in [3.63, 3.8) is 0 Å². The van der Waals surface area contributed by atoms with Gasteiger partial charge in [-0.25, -0.2) is 18.4 Å². The van der Waals surface area contributed by atoms with Crippen molar-refractivity contribution >= 4 is 12.6 Å². The Balaban J connectivity index is 2.08. The van der Waals surface area contributed by atoms with Gasteiger partial charge >= 0.3 is 0 Å². The molecule has 0 aliphatic rings. The molecular formula is C17H23F2N3OS. The van der Waals surface area contributed by atoms with E-state index < -0.39 is 22.7 Å². The van der Waals surface area contributed by atoms with Gasteiger partial charge in [0.2, 0.25) is 0 Å². The highest BCUT2D eigenvalue weighted by Gasteiger charge is 2.40. The van der Waals surface area contributed by atoms with Gasteiger partial charge in [0.25, 0.3) is 0 Å². The number of benzene rings is 1. The zero-order valence-electron chi connectivity index (χ0n) is 14.1. The van der Waals surface area contributed by atoms with Gasteiger partial charge in [-0.3, -0.25) is 0 Å². The zero-order valence-corrected chi connectivity index (χ0v) is 15.0. The third-order valence-electron chi connectivity index (χ3n) is 4.45. The van der Waals surface area contributed by atoms with Crippen LogP contribution < -0.4 is 0 Å². The number of hydrogen-bond acceptors (Lipinski definition) is 4. The molecule has 24 heavy (non-hydrogen) atoms. The standard InChI is InChI=1S/C17H23F2N3OS/c1-16(2,3)17(23,10-22-15(24)20-11-21-22)8-4-5-12-6-7-13(18)9-14(12)19/h6-7,9,11,23H,4-5,8,10H2,1-3H3,(H,20,21,24). The number of aromatic nitrogens is 3. The zero-order chi connectivity index (χ0) is 18.0. The average molecular weight is 355 g/mol. The molecule has 0 bridgehead atoms. The van der Waals surface area contributed by atoms with E-state index in [1.807, 2.05) is 20.8 Å². The number of halogens is 2. The van der Waals surface area contributed by atoms with Gasteiger partial charge in [-0.2, -0.15) is 5.10 Å². The van der Waals surface area contributed by atoms with E-state index in [0.29, 0.717) is 30.0 Å². The van der Waals surface area contributed by atoms with Gasteiger partial charge in [0.05, 0.1) is 12.1 Å². The van der Waals surface area contributed by atoms with Gasteiger partial charge < -0.3 is 5.11 Å². The lowest BCUT2D eigenvalue weighted by molar-refractivity contribution is -0.0826. The maximum absolute atomic E-state index is 13.7. The lowest BCUT2D eigenvalue weighted by atomic mass is 9.73. The van der Waals surface area contributed by atoms with Gasteiger partial charge in [0.15, 0.2) is 5.16 Å². The number of rotatable bonds is 6. The van der Waals surface area contributed by atoms with Crippen molar-refractivity contribution in [2.24, 2.45) is 5.41 Å². The molecule has 1 atom stereocenters. The van der Waals surface area contributed by atoms with Gasteiger partial charge in [-0.15, -0.1) is 12.6 Å². The summed E-state index contributed by atoms with van der Waals surface area (Å²) in [5, 5.41) is 15.7. The summed E-state index contributed by atoms with van der Waals surface area (Å²) < 4.78 is 28.2. The number of nitrogens with zero attached hydrogens (tertiary/aromatic N) is 3. The summed E-state index contributed by atoms with van der Waals surface area (Å²) in [5.74, 6) is -1.14. The molecule has 1 N–H and O–H groups in total. The van der Waals surface area contributed by atoms with Crippen LogP contribution in [0.1, 0.15) is 39.2 Å². The van der Waals surface area contributed by atoms with E-state index in [1.54, 1.807) is 4.68 Å². The summed E-state index contributed by atoms with van der Waals surface area (Å²) in [6, 6.07) is 3.58. The van der Waals surface area contributed by atoms with Crippen molar-refractivity contribution in [1.29, 1.82) is 0 Å². The van der Waals surface area contributed by atoms with Gasteiger partial charge in [-0.1, -0.05) is 26.8 Å². The first-order valence-electron chi connectivity index (χ1n) is 7.85. The van der Waals surface area contributed by atoms with E-state index in [0.717, 1.165) is 6.07 Å². The van der Waals surface area contributed by atoms with E-state index in [4.69, 9.17) is 0 Å². The average Bonchev–Trinajstić information content (AvgIpc) is 2.85. The molecule has 1 aromatic carbocycles. The first-order chi connectivity index (χ1) is 11.1. The molecule has 0 saturated heterocycles. The minimum Gasteiger partial charge on any atom is -0.387 e. The minimum absolute atomic E-state index is 0.251. The fraction of sp³-hybridized carbons (Fsp3) is 0.529. The minimum atomic E-state index is -1.06. The molecule has 1 aromatic heterocycles. The fourth-order valence-electron chi connectivity index (χ4n) is 2.60. The van der Waals surface area contributed by atoms with Crippen LogP contribution in [-0.4, -0.2) is 25.5 Å². The third kappa shape index (κ3) is 4.33. The lowest BCUT2D eigenvalue weighted by Crippen LogP contribution is -2.47. The summed E-state index contributed by atoms with van der Waals surface area (Å²) in [6.07, 6.45) is 2.82. The first kappa shape index (κ1) is 18.9. The predicted octanol–water partition coefficient (Wildman–Crippen LogP) is 3.65. The van der Waals surface area contributed by atoms with Crippen LogP contribution in [0.2, 0.25) is 0 Å². The molecule has 0 amide bonds. The molecule has 0 aliphatic carbocycles. The molecule has 7 heteroatoms. The molecule has 4 nitrogen and oxygen atoms in total. The summed E-state index contributed by atoms with van der Waals surface area (Å²) in [5.41, 5.74) is -1.03. The Labute approximate surface area is 146 Å². The van der Waals surface area contributed by atoms with Crippen molar-refractivity contribution in [1.82, 2.24) is 14.8 Å². The molecule has 0 spiro atoms. The van der Waals surface area contributed by atoms with Crippen LogP contribution in [0.15, 0.2) is 29.7 Å². The Morgan fingerprint density at radius 1 is 1.25 bits per heavy atom. The number of hydrogen-bond donors (Lipinski definition) is 2. The summed E-state index contributed by atoms with van der Waals surface area (Å²) >= 11 is 4.22. The highest BCUT2D eigenvalue weighted by Crippen LogP contribution is 2.36.